The molecule has 0 spiro atoms. The summed E-state index contributed by atoms with van der Waals surface area (Å²) >= 11 is 2.08. The van der Waals surface area contributed by atoms with E-state index in [0.29, 0.717) is 6.54 Å². The number of aromatic hydroxyl groups is 1. The van der Waals surface area contributed by atoms with Gasteiger partial charge in [-0.3, -0.25) is 4.79 Å². The summed E-state index contributed by atoms with van der Waals surface area (Å²) in [7, 11) is 0. The first-order valence-corrected chi connectivity index (χ1v) is 5.39. The van der Waals surface area contributed by atoms with Crippen molar-refractivity contribution in [3.8, 4) is 17.6 Å². The van der Waals surface area contributed by atoms with Crippen molar-refractivity contribution in [2.45, 2.75) is 6.92 Å². The molecule has 4 heteroatoms. The molecule has 0 aliphatic rings. The van der Waals surface area contributed by atoms with Gasteiger partial charge in [0, 0.05) is 3.57 Å². The molecule has 0 aliphatic carbocycles. The summed E-state index contributed by atoms with van der Waals surface area (Å²) in [5.74, 6) is 5.06. The zero-order chi connectivity index (χ0) is 11.3. The maximum absolute atomic E-state index is 11.6. The maximum Gasteiger partial charge on any atom is 0.255 e. The van der Waals surface area contributed by atoms with Crippen molar-refractivity contribution in [2.75, 3.05) is 6.54 Å². The molecule has 0 radical (unpaired) electrons. The highest BCUT2D eigenvalue weighted by molar-refractivity contribution is 14.1. The van der Waals surface area contributed by atoms with Crippen LogP contribution < -0.4 is 5.32 Å². The van der Waals surface area contributed by atoms with Gasteiger partial charge in [0.1, 0.15) is 5.75 Å². The molecular weight excluding hydrogens is 305 g/mol. The van der Waals surface area contributed by atoms with Crippen LogP contribution >= 0.6 is 22.6 Å². The number of carbonyl (C=O) groups excluding carboxylic acids is 1. The third kappa shape index (κ3) is 3.44. The molecule has 1 amide bonds. The number of hydrogen-bond acceptors (Lipinski definition) is 2. The highest BCUT2D eigenvalue weighted by Gasteiger charge is 2.09. The van der Waals surface area contributed by atoms with Crippen molar-refractivity contribution < 1.29 is 9.90 Å². The lowest BCUT2D eigenvalue weighted by Gasteiger charge is -2.04. The molecule has 0 heterocycles. The monoisotopic (exact) mass is 315 g/mol. The quantitative estimate of drug-likeness (QED) is 0.645. The van der Waals surface area contributed by atoms with Crippen molar-refractivity contribution in [1.82, 2.24) is 5.32 Å². The molecule has 0 saturated carbocycles. The van der Waals surface area contributed by atoms with E-state index in [1.54, 1.807) is 19.1 Å². The Morgan fingerprint density at radius 1 is 1.60 bits per heavy atom. The Kier molecular flexibility index (Phi) is 4.43. The van der Waals surface area contributed by atoms with Crippen LogP contribution in [0.1, 0.15) is 17.3 Å². The van der Waals surface area contributed by atoms with Gasteiger partial charge in [-0.2, -0.15) is 0 Å². The molecule has 0 unspecified atom stereocenters. The Morgan fingerprint density at radius 2 is 2.33 bits per heavy atom. The Balaban J connectivity index is 2.80. The summed E-state index contributed by atoms with van der Waals surface area (Å²) in [6.07, 6.45) is 0. The smallest absolute Gasteiger partial charge is 0.255 e. The molecule has 78 valence electrons. The summed E-state index contributed by atoms with van der Waals surface area (Å²) in [5, 5.41) is 12.1. The lowest BCUT2D eigenvalue weighted by Crippen LogP contribution is -2.23. The standard InChI is InChI=1S/C11H10INO2/c1-2-3-6-13-11(15)9-7-8(12)4-5-10(9)14/h4-5,7,14H,6H2,1H3,(H,13,15). The summed E-state index contributed by atoms with van der Waals surface area (Å²) < 4.78 is 0.900. The zero-order valence-corrected chi connectivity index (χ0v) is 10.3. The van der Waals surface area contributed by atoms with E-state index in [2.05, 4.69) is 39.7 Å². The molecule has 0 saturated heterocycles. The highest BCUT2D eigenvalue weighted by atomic mass is 127. The molecule has 3 nitrogen and oxygen atoms in total. The van der Waals surface area contributed by atoms with E-state index in [9.17, 15) is 9.90 Å². The van der Waals surface area contributed by atoms with Gasteiger partial charge in [-0.15, -0.1) is 5.92 Å². The van der Waals surface area contributed by atoms with E-state index < -0.39 is 0 Å². The SMILES string of the molecule is CC#CCNC(=O)c1cc(I)ccc1O. The lowest BCUT2D eigenvalue weighted by molar-refractivity contribution is 0.0956. The van der Waals surface area contributed by atoms with Gasteiger partial charge in [0.2, 0.25) is 0 Å². The number of carbonyl (C=O) groups is 1. The molecule has 2 N–H and O–H groups in total. The van der Waals surface area contributed by atoms with Crippen molar-refractivity contribution in [3.63, 3.8) is 0 Å². The Morgan fingerprint density at radius 3 is 3.00 bits per heavy atom. The zero-order valence-electron chi connectivity index (χ0n) is 8.17. The summed E-state index contributed by atoms with van der Waals surface area (Å²) in [4.78, 5) is 11.6. The number of nitrogens with one attached hydrogen (secondary N) is 1. The third-order valence-electron chi connectivity index (χ3n) is 1.72. The molecular formula is C11H10INO2. The minimum Gasteiger partial charge on any atom is -0.507 e. The summed E-state index contributed by atoms with van der Waals surface area (Å²) in [6.45, 7) is 2.00. The predicted molar refractivity (Wildman–Crippen MR) is 66.6 cm³/mol. The van der Waals surface area contributed by atoms with Crippen molar-refractivity contribution in [2.24, 2.45) is 0 Å². The van der Waals surface area contributed by atoms with Crippen LogP contribution in [-0.2, 0) is 0 Å². The van der Waals surface area contributed by atoms with Gasteiger partial charge in [0.15, 0.2) is 0 Å². The fraction of sp³-hybridized carbons (Fsp3) is 0.182. The molecule has 0 aromatic heterocycles. The first-order valence-electron chi connectivity index (χ1n) is 4.31. The third-order valence-corrected chi connectivity index (χ3v) is 2.39. The number of phenols is 1. The van der Waals surface area contributed by atoms with E-state index in [-0.39, 0.29) is 17.2 Å². The molecule has 0 bridgehead atoms. The first-order chi connectivity index (χ1) is 7.15. The van der Waals surface area contributed by atoms with Gasteiger partial charge >= 0.3 is 0 Å². The number of rotatable bonds is 2. The Hall–Kier alpha value is -1.22. The minimum atomic E-state index is -0.311. The molecule has 0 fully saturated rings. The van der Waals surface area contributed by atoms with E-state index in [1.165, 1.54) is 6.07 Å². The molecule has 15 heavy (non-hydrogen) atoms. The lowest BCUT2D eigenvalue weighted by atomic mass is 10.2. The maximum atomic E-state index is 11.6. The second-order valence-corrected chi connectivity index (χ2v) is 4.02. The van der Waals surface area contributed by atoms with Gasteiger partial charge in [0.25, 0.3) is 5.91 Å². The molecule has 0 atom stereocenters. The van der Waals surface area contributed by atoms with E-state index in [4.69, 9.17) is 0 Å². The molecule has 1 aromatic rings. The van der Waals surface area contributed by atoms with Crippen LogP contribution in [0.25, 0.3) is 0 Å². The van der Waals surface area contributed by atoms with Crippen molar-refractivity contribution >= 4 is 28.5 Å². The largest absolute Gasteiger partial charge is 0.507 e. The van der Waals surface area contributed by atoms with Crippen molar-refractivity contribution in [3.05, 3.63) is 27.3 Å². The van der Waals surface area contributed by atoms with Crippen LogP contribution in [0.4, 0.5) is 0 Å². The first kappa shape index (κ1) is 11.9. The predicted octanol–water partition coefficient (Wildman–Crippen LogP) is 1.75. The minimum absolute atomic E-state index is 0.0163. The van der Waals surface area contributed by atoms with Crippen LogP contribution in [0.3, 0.4) is 0 Å². The normalized spacial score (nSPS) is 8.93. The van der Waals surface area contributed by atoms with Crippen LogP contribution in [0.15, 0.2) is 18.2 Å². The number of amides is 1. The van der Waals surface area contributed by atoms with E-state index >= 15 is 0 Å². The molecule has 0 aliphatic heterocycles. The fourth-order valence-corrected chi connectivity index (χ4v) is 1.49. The van der Waals surface area contributed by atoms with Gasteiger partial charge in [-0.1, -0.05) is 5.92 Å². The van der Waals surface area contributed by atoms with Crippen LogP contribution in [0.5, 0.6) is 5.75 Å². The summed E-state index contributed by atoms with van der Waals surface area (Å²) in [6, 6.07) is 4.87. The average molecular weight is 315 g/mol. The second-order valence-electron chi connectivity index (χ2n) is 2.77. The van der Waals surface area contributed by atoms with E-state index in [0.717, 1.165) is 3.57 Å². The van der Waals surface area contributed by atoms with Gasteiger partial charge in [0.05, 0.1) is 12.1 Å². The average Bonchev–Trinajstić information content (AvgIpc) is 2.22. The number of halogens is 1. The van der Waals surface area contributed by atoms with Crippen LogP contribution in [-0.4, -0.2) is 17.6 Å². The second kappa shape index (κ2) is 5.61. The van der Waals surface area contributed by atoms with Gasteiger partial charge in [-0.25, -0.2) is 0 Å². The number of phenolic OH excluding ortho intramolecular Hbond substituents is 1. The highest BCUT2D eigenvalue weighted by Crippen LogP contribution is 2.19. The van der Waals surface area contributed by atoms with Crippen LogP contribution in [0.2, 0.25) is 0 Å². The van der Waals surface area contributed by atoms with Gasteiger partial charge in [-0.05, 0) is 47.7 Å². The molecule has 1 rings (SSSR count). The fourth-order valence-electron chi connectivity index (χ4n) is 0.998. The summed E-state index contributed by atoms with van der Waals surface area (Å²) in [5.41, 5.74) is 0.278. The van der Waals surface area contributed by atoms with Gasteiger partial charge < -0.3 is 10.4 Å². The van der Waals surface area contributed by atoms with Crippen molar-refractivity contribution in [1.29, 1.82) is 0 Å². The van der Waals surface area contributed by atoms with Crippen LogP contribution in [0, 0.1) is 15.4 Å². The van der Waals surface area contributed by atoms with E-state index in [1.807, 2.05) is 0 Å². The topological polar surface area (TPSA) is 49.3 Å². The molecule has 1 aromatic carbocycles. The number of benzene rings is 1. The Bertz CT molecular complexity index is 432. The number of hydrogen-bond donors (Lipinski definition) is 2. The Labute approximate surface area is 102 Å².